The van der Waals surface area contributed by atoms with Crippen LogP contribution in [0.25, 0.3) is 0 Å². The molecule has 1 amide bonds. The Bertz CT molecular complexity index is 399. The van der Waals surface area contributed by atoms with Crippen molar-refractivity contribution >= 4 is 11.9 Å². The molecule has 0 aliphatic rings. The van der Waals surface area contributed by atoms with E-state index in [1.54, 1.807) is 12.1 Å². The number of amides is 1. The van der Waals surface area contributed by atoms with E-state index in [1.807, 2.05) is 13.0 Å². The van der Waals surface area contributed by atoms with Crippen molar-refractivity contribution < 1.29 is 14.7 Å². The summed E-state index contributed by atoms with van der Waals surface area (Å²) in [7, 11) is 0. The normalized spacial score (nSPS) is 9.93. The minimum absolute atomic E-state index is 0.0791. The Morgan fingerprint density at radius 1 is 1.27 bits per heavy atom. The second kappa shape index (κ2) is 4.59. The third-order valence-electron chi connectivity index (χ3n) is 2.07. The third-order valence-corrected chi connectivity index (χ3v) is 2.07. The molecule has 4 nitrogen and oxygen atoms in total. The predicted molar refractivity (Wildman–Crippen MR) is 55.4 cm³/mol. The van der Waals surface area contributed by atoms with Crippen molar-refractivity contribution in [1.29, 1.82) is 0 Å². The number of rotatable bonds is 4. The van der Waals surface area contributed by atoms with Crippen LogP contribution in [0.3, 0.4) is 0 Å². The van der Waals surface area contributed by atoms with Crippen molar-refractivity contribution in [3.63, 3.8) is 0 Å². The van der Waals surface area contributed by atoms with Crippen molar-refractivity contribution in [2.24, 2.45) is 5.73 Å². The van der Waals surface area contributed by atoms with Crippen LogP contribution in [0, 0.1) is 6.92 Å². The maximum Gasteiger partial charge on any atom is 0.307 e. The van der Waals surface area contributed by atoms with Crippen LogP contribution in [0.2, 0.25) is 0 Å². The standard InChI is InChI=1S/C11H13NO3/c1-7-2-3-8(5-10(12)13)9(4-7)6-11(14)15/h2-4H,5-6H2,1H3,(H2,12,13)(H,14,15). The summed E-state index contributed by atoms with van der Waals surface area (Å²) in [4.78, 5) is 21.4. The van der Waals surface area contributed by atoms with Crippen molar-refractivity contribution in [3.8, 4) is 0 Å². The van der Waals surface area contributed by atoms with Gasteiger partial charge in [-0.1, -0.05) is 23.8 Å². The number of hydrogen-bond donors (Lipinski definition) is 2. The number of primary amides is 1. The number of carbonyl (C=O) groups excluding carboxylic acids is 1. The number of hydrogen-bond acceptors (Lipinski definition) is 2. The molecule has 3 N–H and O–H groups in total. The first kappa shape index (κ1) is 11.2. The first-order valence-corrected chi connectivity index (χ1v) is 4.57. The zero-order valence-electron chi connectivity index (χ0n) is 8.49. The molecule has 0 atom stereocenters. The van der Waals surface area contributed by atoms with Gasteiger partial charge in [0.25, 0.3) is 0 Å². The zero-order valence-corrected chi connectivity index (χ0v) is 8.49. The van der Waals surface area contributed by atoms with Gasteiger partial charge in [0.05, 0.1) is 12.8 Å². The molecule has 0 saturated carbocycles. The average molecular weight is 207 g/mol. The number of benzene rings is 1. The van der Waals surface area contributed by atoms with E-state index in [-0.39, 0.29) is 12.8 Å². The monoisotopic (exact) mass is 207 g/mol. The lowest BCUT2D eigenvalue weighted by Gasteiger charge is -2.06. The number of carboxylic acid groups (broad SMARTS) is 1. The van der Waals surface area contributed by atoms with E-state index < -0.39 is 11.9 Å². The molecule has 0 aliphatic carbocycles. The Morgan fingerprint density at radius 2 is 1.93 bits per heavy atom. The fourth-order valence-corrected chi connectivity index (χ4v) is 1.44. The van der Waals surface area contributed by atoms with Gasteiger partial charge in [-0.15, -0.1) is 0 Å². The summed E-state index contributed by atoms with van der Waals surface area (Å²) < 4.78 is 0. The summed E-state index contributed by atoms with van der Waals surface area (Å²) in [6.45, 7) is 1.87. The second-order valence-electron chi connectivity index (χ2n) is 3.49. The van der Waals surface area contributed by atoms with Crippen LogP contribution >= 0.6 is 0 Å². The second-order valence-corrected chi connectivity index (χ2v) is 3.49. The van der Waals surface area contributed by atoms with Crippen molar-refractivity contribution in [2.75, 3.05) is 0 Å². The fraction of sp³-hybridized carbons (Fsp3) is 0.273. The minimum atomic E-state index is -0.911. The molecule has 1 aromatic rings. The lowest BCUT2D eigenvalue weighted by molar-refractivity contribution is -0.136. The molecule has 4 heteroatoms. The minimum Gasteiger partial charge on any atom is -0.481 e. The van der Waals surface area contributed by atoms with Gasteiger partial charge in [0.15, 0.2) is 0 Å². The summed E-state index contributed by atoms with van der Waals surface area (Å²) in [5, 5.41) is 8.70. The van der Waals surface area contributed by atoms with Crippen LogP contribution in [0.1, 0.15) is 16.7 Å². The molecular formula is C11H13NO3. The Labute approximate surface area is 87.7 Å². The molecule has 0 bridgehead atoms. The van der Waals surface area contributed by atoms with Gasteiger partial charge in [0.2, 0.25) is 5.91 Å². The molecule has 0 fully saturated rings. The lowest BCUT2D eigenvalue weighted by Crippen LogP contribution is -2.15. The molecule has 0 heterocycles. The maximum atomic E-state index is 10.8. The summed E-state index contributed by atoms with van der Waals surface area (Å²) >= 11 is 0. The quantitative estimate of drug-likeness (QED) is 0.760. The Balaban J connectivity index is 3.02. The van der Waals surface area contributed by atoms with Crippen molar-refractivity contribution in [2.45, 2.75) is 19.8 Å². The highest BCUT2D eigenvalue weighted by atomic mass is 16.4. The van der Waals surface area contributed by atoms with E-state index in [9.17, 15) is 9.59 Å². The van der Waals surface area contributed by atoms with Crippen LogP contribution in [0.4, 0.5) is 0 Å². The van der Waals surface area contributed by atoms with Crippen LogP contribution in [0.15, 0.2) is 18.2 Å². The first-order valence-electron chi connectivity index (χ1n) is 4.57. The molecule has 0 aromatic heterocycles. The molecule has 0 saturated heterocycles. The summed E-state index contributed by atoms with van der Waals surface area (Å²) in [6, 6.07) is 5.36. The Kier molecular flexibility index (Phi) is 3.44. The van der Waals surface area contributed by atoms with Gasteiger partial charge < -0.3 is 10.8 Å². The molecular weight excluding hydrogens is 194 g/mol. The lowest BCUT2D eigenvalue weighted by atomic mass is 9.99. The van der Waals surface area contributed by atoms with E-state index in [2.05, 4.69) is 0 Å². The van der Waals surface area contributed by atoms with Crippen molar-refractivity contribution in [1.82, 2.24) is 0 Å². The Morgan fingerprint density at radius 3 is 2.47 bits per heavy atom. The first-order chi connectivity index (χ1) is 6.99. The van der Waals surface area contributed by atoms with Crippen LogP contribution < -0.4 is 5.73 Å². The Hall–Kier alpha value is -1.84. The maximum absolute atomic E-state index is 10.8. The van der Waals surface area contributed by atoms with Gasteiger partial charge in [0.1, 0.15) is 0 Å². The number of aryl methyl sites for hydroxylation is 1. The van der Waals surface area contributed by atoms with Crippen LogP contribution in [0.5, 0.6) is 0 Å². The van der Waals surface area contributed by atoms with Gasteiger partial charge >= 0.3 is 5.97 Å². The van der Waals surface area contributed by atoms with Gasteiger partial charge in [-0.25, -0.2) is 0 Å². The number of nitrogens with two attached hydrogens (primary N) is 1. The molecule has 80 valence electrons. The molecule has 0 aliphatic heterocycles. The third kappa shape index (κ3) is 3.42. The van der Waals surface area contributed by atoms with E-state index >= 15 is 0 Å². The van der Waals surface area contributed by atoms with Crippen molar-refractivity contribution in [3.05, 3.63) is 34.9 Å². The van der Waals surface area contributed by atoms with Gasteiger partial charge in [-0.05, 0) is 18.1 Å². The summed E-state index contributed by atoms with van der Waals surface area (Å²) in [5.74, 6) is -1.36. The van der Waals surface area contributed by atoms with Gasteiger partial charge in [0, 0.05) is 0 Å². The highest BCUT2D eigenvalue weighted by Crippen LogP contribution is 2.13. The van der Waals surface area contributed by atoms with Gasteiger partial charge in [-0.3, -0.25) is 9.59 Å². The topological polar surface area (TPSA) is 80.4 Å². The molecule has 0 unspecified atom stereocenters. The predicted octanol–water partition coefficient (Wildman–Crippen LogP) is 0.650. The SMILES string of the molecule is Cc1ccc(CC(N)=O)c(CC(=O)O)c1. The van der Waals surface area contributed by atoms with E-state index in [0.717, 1.165) is 5.56 Å². The highest BCUT2D eigenvalue weighted by Gasteiger charge is 2.08. The molecule has 15 heavy (non-hydrogen) atoms. The van der Waals surface area contributed by atoms with Gasteiger partial charge in [-0.2, -0.15) is 0 Å². The molecule has 0 radical (unpaired) electrons. The number of carbonyl (C=O) groups is 2. The smallest absolute Gasteiger partial charge is 0.307 e. The van der Waals surface area contributed by atoms with Crippen LogP contribution in [-0.2, 0) is 22.4 Å². The fourth-order valence-electron chi connectivity index (χ4n) is 1.44. The number of carboxylic acids is 1. The van der Waals surface area contributed by atoms with E-state index in [4.69, 9.17) is 10.8 Å². The van der Waals surface area contributed by atoms with E-state index in [1.165, 1.54) is 0 Å². The zero-order chi connectivity index (χ0) is 11.4. The molecule has 1 aromatic carbocycles. The van der Waals surface area contributed by atoms with E-state index in [0.29, 0.717) is 11.1 Å². The number of aliphatic carboxylic acids is 1. The molecule has 0 spiro atoms. The van der Waals surface area contributed by atoms with Crippen LogP contribution in [-0.4, -0.2) is 17.0 Å². The molecule has 1 rings (SSSR count). The summed E-state index contributed by atoms with van der Waals surface area (Å²) in [5.41, 5.74) is 7.39. The average Bonchev–Trinajstić information content (AvgIpc) is 2.08. The summed E-state index contributed by atoms with van der Waals surface area (Å²) in [6.07, 6.45) is 0.00713. The highest BCUT2D eigenvalue weighted by molar-refractivity contribution is 5.78. The largest absolute Gasteiger partial charge is 0.481 e.